The van der Waals surface area contributed by atoms with E-state index in [0.29, 0.717) is 6.04 Å². The molecule has 0 radical (unpaired) electrons. The molecule has 0 aliphatic heterocycles. The Bertz CT molecular complexity index is 363. The normalized spacial score (nSPS) is 13.3. The molecule has 1 aromatic heterocycles. The van der Waals surface area contributed by atoms with Crippen LogP contribution < -0.4 is 5.32 Å². The van der Waals surface area contributed by atoms with Crippen LogP contribution in [0, 0.1) is 19.8 Å². The van der Waals surface area contributed by atoms with Gasteiger partial charge in [0.15, 0.2) is 0 Å². The van der Waals surface area contributed by atoms with Crippen molar-refractivity contribution < 1.29 is 0 Å². The lowest BCUT2D eigenvalue weighted by atomic mass is 10.0. The standard InChI is InChI=1S/C16H30N2/c1-12(2)8-7-9-13(3)17-11-16-10-14(4)18(6)15(16)5/h10,12-13,17H,7-9,11H2,1-6H3. The van der Waals surface area contributed by atoms with E-state index in [-0.39, 0.29) is 0 Å². The van der Waals surface area contributed by atoms with Gasteiger partial charge < -0.3 is 9.88 Å². The summed E-state index contributed by atoms with van der Waals surface area (Å²) in [5, 5.41) is 3.64. The minimum Gasteiger partial charge on any atom is -0.352 e. The summed E-state index contributed by atoms with van der Waals surface area (Å²) >= 11 is 0. The van der Waals surface area contributed by atoms with Gasteiger partial charge in [-0.15, -0.1) is 0 Å². The topological polar surface area (TPSA) is 17.0 Å². The lowest BCUT2D eigenvalue weighted by Crippen LogP contribution is -2.25. The Morgan fingerprint density at radius 1 is 1.17 bits per heavy atom. The molecule has 18 heavy (non-hydrogen) atoms. The Morgan fingerprint density at radius 2 is 1.83 bits per heavy atom. The summed E-state index contributed by atoms with van der Waals surface area (Å²) in [6.07, 6.45) is 3.96. The highest BCUT2D eigenvalue weighted by Gasteiger charge is 2.07. The van der Waals surface area contributed by atoms with Gasteiger partial charge in [-0.05, 0) is 44.7 Å². The van der Waals surface area contributed by atoms with E-state index in [1.165, 1.54) is 36.2 Å². The van der Waals surface area contributed by atoms with Crippen LogP contribution in [0.2, 0.25) is 0 Å². The van der Waals surface area contributed by atoms with Crippen LogP contribution in [0.3, 0.4) is 0 Å². The summed E-state index contributed by atoms with van der Waals surface area (Å²) in [5.74, 6) is 0.830. The van der Waals surface area contributed by atoms with Crippen molar-refractivity contribution in [2.45, 2.75) is 66.5 Å². The van der Waals surface area contributed by atoms with E-state index in [9.17, 15) is 0 Å². The monoisotopic (exact) mass is 250 g/mol. The van der Waals surface area contributed by atoms with Crippen molar-refractivity contribution in [3.05, 3.63) is 23.0 Å². The van der Waals surface area contributed by atoms with Gasteiger partial charge in [0, 0.05) is 31.0 Å². The molecule has 0 saturated carbocycles. The molecular formula is C16H30N2. The Balaban J connectivity index is 2.33. The Hall–Kier alpha value is -0.760. The molecule has 1 rings (SSSR count). The van der Waals surface area contributed by atoms with Gasteiger partial charge in [0.1, 0.15) is 0 Å². The van der Waals surface area contributed by atoms with E-state index in [2.05, 4.69) is 57.6 Å². The maximum atomic E-state index is 3.64. The number of aromatic nitrogens is 1. The number of nitrogens with one attached hydrogen (secondary N) is 1. The Morgan fingerprint density at radius 3 is 2.33 bits per heavy atom. The van der Waals surface area contributed by atoms with Gasteiger partial charge in [0.25, 0.3) is 0 Å². The minimum atomic E-state index is 0.615. The third kappa shape index (κ3) is 4.49. The van der Waals surface area contributed by atoms with Crippen LogP contribution in [-0.4, -0.2) is 10.6 Å². The molecule has 0 bridgehead atoms. The van der Waals surface area contributed by atoms with Gasteiger partial charge in [-0.1, -0.05) is 26.7 Å². The van der Waals surface area contributed by atoms with E-state index in [4.69, 9.17) is 0 Å². The zero-order valence-corrected chi connectivity index (χ0v) is 13.0. The molecule has 104 valence electrons. The molecule has 0 aromatic carbocycles. The Kier molecular flexibility index (Phi) is 5.94. The average molecular weight is 250 g/mol. The van der Waals surface area contributed by atoms with Gasteiger partial charge >= 0.3 is 0 Å². The molecule has 0 saturated heterocycles. The fourth-order valence-electron chi connectivity index (χ4n) is 2.33. The highest BCUT2D eigenvalue weighted by Crippen LogP contribution is 2.14. The first kappa shape index (κ1) is 15.3. The van der Waals surface area contributed by atoms with Gasteiger partial charge in [0.2, 0.25) is 0 Å². The molecule has 2 nitrogen and oxygen atoms in total. The average Bonchev–Trinajstić information content (AvgIpc) is 2.54. The van der Waals surface area contributed by atoms with Crippen LogP contribution >= 0.6 is 0 Å². The quantitative estimate of drug-likeness (QED) is 0.775. The first-order chi connectivity index (χ1) is 8.41. The molecule has 1 unspecified atom stereocenters. The van der Waals surface area contributed by atoms with Crippen molar-refractivity contribution in [1.29, 1.82) is 0 Å². The summed E-state index contributed by atoms with van der Waals surface area (Å²) in [5.41, 5.74) is 4.16. The molecule has 1 N–H and O–H groups in total. The van der Waals surface area contributed by atoms with Crippen LogP contribution in [-0.2, 0) is 13.6 Å². The maximum absolute atomic E-state index is 3.64. The fraction of sp³-hybridized carbons (Fsp3) is 0.750. The lowest BCUT2D eigenvalue weighted by molar-refractivity contribution is 0.456. The van der Waals surface area contributed by atoms with Crippen molar-refractivity contribution in [2.75, 3.05) is 0 Å². The van der Waals surface area contributed by atoms with Crippen LogP contribution in [0.1, 0.15) is 57.0 Å². The van der Waals surface area contributed by atoms with Crippen LogP contribution in [0.5, 0.6) is 0 Å². The second-order valence-corrected chi connectivity index (χ2v) is 6.06. The summed E-state index contributed by atoms with van der Waals surface area (Å²) in [7, 11) is 2.14. The second-order valence-electron chi connectivity index (χ2n) is 6.06. The molecule has 0 amide bonds. The molecule has 1 heterocycles. The molecule has 0 aliphatic carbocycles. The zero-order valence-electron chi connectivity index (χ0n) is 13.0. The van der Waals surface area contributed by atoms with Gasteiger partial charge in [-0.25, -0.2) is 0 Å². The summed E-state index contributed by atoms with van der Waals surface area (Å²) in [6.45, 7) is 12.3. The van der Waals surface area contributed by atoms with E-state index >= 15 is 0 Å². The van der Waals surface area contributed by atoms with E-state index in [1.807, 2.05) is 0 Å². The lowest BCUT2D eigenvalue weighted by Gasteiger charge is -2.14. The Labute approximate surface area is 113 Å². The molecule has 2 heteroatoms. The second kappa shape index (κ2) is 6.98. The van der Waals surface area contributed by atoms with Crippen molar-refractivity contribution in [3.8, 4) is 0 Å². The highest BCUT2D eigenvalue weighted by molar-refractivity contribution is 5.26. The van der Waals surface area contributed by atoms with E-state index in [0.717, 1.165) is 12.5 Å². The summed E-state index contributed by atoms with van der Waals surface area (Å²) < 4.78 is 2.26. The molecule has 0 aliphatic rings. The fourth-order valence-corrected chi connectivity index (χ4v) is 2.33. The van der Waals surface area contributed by atoms with E-state index < -0.39 is 0 Å². The minimum absolute atomic E-state index is 0.615. The van der Waals surface area contributed by atoms with Gasteiger partial charge in [-0.2, -0.15) is 0 Å². The van der Waals surface area contributed by atoms with Crippen molar-refractivity contribution in [2.24, 2.45) is 13.0 Å². The molecular weight excluding hydrogens is 220 g/mol. The van der Waals surface area contributed by atoms with Crippen LogP contribution in [0.15, 0.2) is 6.07 Å². The number of hydrogen-bond donors (Lipinski definition) is 1. The SMILES string of the molecule is Cc1cc(CNC(C)CCCC(C)C)c(C)n1C. The molecule has 1 aromatic rings. The number of hydrogen-bond acceptors (Lipinski definition) is 1. The summed E-state index contributed by atoms with van der Waals surface area (Å²) in [4.78, 5) is 0. The predicted molar refractivity (Wildman–Crippen MR) is 79.9 cm³/mol. The smallest absolute Gasteiger partial charge is 0.0225 e. The summed E-state index contributed by atoms with van der Waals surface area (Å²) in [6, 6.07) is 2.91. The zero-order chi connectivity index (χ0) is 13.7. The van der Waals surface area contributed by atoms with E-state index in [1.54, 1.807) is 0 Å². The number of rotatable bonds is 7. The first-order valence-electron chi connectivity index (χ1n) is 7.27. The number of aryl methyl sites for hydroxylation is 1. The van der Waals surface area contributed by atoms with Gasteiger partial charge in [0.05, 0.1) is 0 Å². The van der Waals surface area contributed by atoms with Crippen LogP contribution in [0.25, 0.3) is 0 Å². The molecule has 1 atom stereocenters. The van der Waals surface area contributed by atoms with Crippen molar-refractivity contribution in [1.82, 2.24) is 9.88 Å². The van der Waals surface area contributed by atoms with Gasteiger partial charge in [-0.3, -0.25) is 0 Å². The third-order valence-corrected chi connectivity index (χ3v) is 3.94. The first-order valence-corrected chi connectivity index (χ1v) is 7.27. The largest absolute Gasteiger partial charge is 0.352 e. The molecule has 0 fully saturated rings. The predicted octanol–water partition coefficient (Wildman–Crippen LogP) is 3.95. The van der Waals surface area contributed by atoms with Crippen molar-refractivity contribution in [3.63, 3.8) is 0 Å². The highest BCUT2D eigenvalue weighted by atomic mass is 15.0. The molecule has 0 spiro atoms. The van der Waals surface area contributed by atoms with Crippen molar-refractivity contribution >= 4 is 0 Å². The third-order valence-electron chi connectivity index (χ3n) is 3.94. The maximum Gasteiger partial charge on any atom is 0.0225 e. The van der Waals surface area contributed by atoms with Crippen LogP contribution in [0.4, 0.5) is 0 Å². The number of nitrogens with zero attached hydrogens (tertiary/aromatic N) is 1.